The van der Waals surface area contributed by atoms with Crippen molar-refractivity contribution in [1.82, 2.24) is 10.2 Å². The first kappa shape index (κ1) is 37.0. The monoisotopic (exact) mass is 707 g/mol. The van der Waals surface area contributed by atoms with Crippen molar-refractivity contribution in [3.63, 3.8) is 0 Å². The summed E-state index contributed by atoms with van der Waals surface area (Å²) in [6, 6.07) is 21.5. The minimum atomic E-state index is -1.18. The second-order valence-corrected chi connectivity index (χ2v) is 14.0. The maximum absolute atomic E-state index is 15.0. The summed E-state index contributed by atoms with van der Waals surface area (Å²) in [5.41, 5.74) is 0.271. The number of hydrogen-bond acceptors (Lipinski definition) is 7. The number of hydrogen-bond donors (Lipinski definition) is 2. The van der Waals surface area contributed by atoms with Crippen molar-refractivity contribution in [2.75, 3.05) is 31.2 Å². The summed E-state index contributed by atoms with van der Waals surface area (Å²) in [5, 5.41) is 14.4. The van der Waals surface area contributed by atoms with Gasteiger partial charge in [0.2, 0.25) is 11.8 Å². The Morgan fingerprint density at radius 2 is 1.75 bits per heavy atom. The summed E-state index contributed by atoms with van der Waals surface area (Å²) in [4.78, 5) is 59.7. The summed E-state index contributed by atoms with van der Waals surface area (Å²) < 4.78 is 12.3. The van der Waals surface area contributed by atoms with Crippen molar-refractivity contribution in [3.05, 3.63) is 104 Å². The predicted octanol–water partition coefficient (Wildman–Crippen LogP) is 5.65. The lowest BCUT2D eigenvalue weighted by molar-refractivity contribution is -0.146. The van der Waals surface area contributed by atoms with Gasteiger partial charge in [0.15, 0.2) is 0 Å². The Labute approximate surface area is 305 Å². The van der Waals surface area contributed by atoms with Crippen LogP contribution >= 0.6 is 0 Å². The van der Waals surface area contributed by atoms with E-state index in [4.69, 9.17) is 9.47 Å². The van der Waals surface area contributed by atoms with Crippen LogP contribution < -0.4 is 10.2 Å². The lowest BCUT2D eigenvalue weighted by atomic mass is 9.70. The number of benzene rings is 3. The molecule has 10 heteroatoms. The number of anilines is 1. The highest BCUT2D eigenvalue weighted by Crippen LogP contribution is 2.59. The average Bonchev–Trinajstić information content (AvgIpc) is 3.81. The van der Waals surface area contributed by atoms with Gasteiger partial charge in [-0.15, -0.1) is 13.2 Å². The molecule has 0 aliphatic carbocycles. The lowest BCUT2D eigenvalue weighted by Crippen LogP contribution is -2.56. The zero-order valence-electron chi connectivity index (χ0n) is 29.7. The molecule has 0 unspecified atom stereocenters. The van der Waals surface area contributed by atoms with Crippen LogP contribution in [-0.4, -0.2) is 77.7 Å². The highest BCUT2D eigenvalue weighted by Gasteiger charge is 2.74. The number of nitrogens with zero attached hydrogens (tertiary/aromatic N) is 2. The molecule has 6 atom stereocenters. The molecule has 3 aromatic rings. The van der Waals surface area contributed by atoms with E-state index in [1.165, 1.54) is 0 Å². The fraction of sp³-hybridized carbons (Fsp3) is 0.429. The largest absolute Gasteiger partial charge is 0.463 e. The standard InChI is InChI=1S/C42H49N3O7/c1-3-5-19-35(47)51-28-33(30-16-9-8-10-17-30)43-39(48)36-34-22-23-42(52-34)37(36)40(49)45(25-13-6-7-14-26-46)38(42)41(50)44(24-4-2)32-21-20-29-15-11-12-18-31(29)27-32/h3-4,8-12,15-18,20-21,27,33-34,36-38,46H,1-2,5-7,13-14,19,22-26,28H2,(H,43,48)/t33-,34+,36-,37-,38+,42-/m1/s1. The number of carbonyl (C=O) groups excluding carboxylic acids is 4. The fourth-order valence-corrected chi connectivity index (χ4v) is 8.31. The molecule has 3 amide bonds. The van der Waals surface area contributed by atoms with Crippen molar-refractivity contribution in [2.24, 2.45) is 11.8 Å². The SMILES string of the molecule is C=CCCC(=O)OC[C@@H](NC(=O)[C@@H]1[C@@H]2CC[C@]3(O2)[C@H](C(=O)N(CC=C)c2ccc4ccccc4c2)N(CCCCCCO)C(=O)[C@@H]13)c1ccccc1. The molecule has 0 saturated carbocycles. The number of unbranched alkanes of at least 4 members (excludes halogenated alkanes) is 3. The first-order valence-electron chi connectivity index (χ1n) is 18.4. The predicted molar refractivity (Wildman–Crippen MR) is 199 cm³/mol. The Balaban J connectivity index is 1.30. The quantitative estimate of drug-likeness (QED) is 0.0995. The van der Waals surface area contributed by atoms with Gasteiger partial charge in [0.05, 0.1) is 24.0 Å². The molecule has 3 aromatic carbocycles. The summed E-state index contributed by atoms with van der Waals surface area (Å²) in [5.74, 6) is -2.97. The molecular weight excluding hydrogens is 658 g/mol. The van der Waals surface area contributed by atoms with E-state index < -0.39 is 41.6 Å². The number of amides is 3. The maximum Gasteiger partial charge on any atom is 0.306 e. The van der Waals surface area contributed by atoms with Crippen molar-refractivity contribution in [2.45, 2.75) is 75.2 Å². The third kappa shape index (κ3) is 7.41. The molecule has 2 N–H and O–H groups in total. The van der Waals surface area contributed by atoms with Crippen LogP contribution in [0, 0.1) is 11.8 Å². The molecule has 10 nitrogen and oxygen atoms in total. The van der Waals surface area contributed by atoms with Crippen LogP contribution in [0.3, 0.4) is 0 Å². The molecule has 3 saturated heterocycles. The maximum atomic E-state index is 15.0. The summed E-state index contributed by atoms with van der Waals surface area (Å²) in [7, 11) is 0. The van der Waals surface area contributed by atoms with Gasteiger partial charge < -0.3 is 29.7 Å². The number of nitrogens with one attached hydrogen (secondary N) is 1. The van der Waals surface area contributed by atoms with Gasteiger partial charge in [0.1, 0.15) is 18.2 Å². The Hall–Kier alpha value is -4.80. The molecule has 3 fully saturated rings. The van der Waals surface area contributed by atoms with Crippen LogP contribution in [0.15, 0.2) is 98.1 Å². The molecular formula is C42H49N3O7. The number of esters is 1. The van der Waals surface area contributed by atoms with Crippen LogP contribution in [-0.2, 0) is 28.7 Å². The Morgan fingerprint density at radius 1 is 1.00 bits per heavy atom. The van der Waals surface area contributed by atoms with Gasteiger partial charge in [0, 0.05) is 31.8 Å². The van der Waals surface area contributed by atoms with E-state index in [0.717, 1.165) is 29.2 Å². The minimum Gasteiger partial charge on any atom is -0.463 e. The molecule has 3 heterocycles. The third-order valence-electron chi connectivity index (χ3n) is 10.7. The molecule has 0 aromatic heterocycles. The van der Waals surface area contributed by atoms with Crippen LogP contribution in [0.5, 0.6) is 0 Å². The summed E-state index contributed by atoms with van der Waals surface area (Å²) in [6.07, 6.45) is 7.33. The van der Waals surface area contributed by atoms with E-state index in [9.17, 15) is 24.3 Å². The average molecular weight is 708 g/mol. The van der Waals surface area contributed by atoms with Gasteiger partial charge in [0.25, 0.3) is 5.91 Å². The normalized spacial score (nSPS) is 23.6. The Bertz CT molecular complexity index is 1780. The van der Waals surface area contributed by atoms with E-state index in [1.54, 1.807) is 22.0 Å². The van der Waals surface area contributed by atoms with E-state index in [0.29, 0.717) is 44.3 Å². The number of aliphatic hydroxyl groups excluding tert-OH is 1. The molecule has 3 aliphatic heterocycles. The molecule has 2 bridgehead atoms. The van der Waals surface area contributed by atoms with Gasteiger partial charge in [-0.2, -0.15) is 0 Å². The smallest absolute Gasteiger partial charge is 0.306 e. The first-order chi connectivity index (χ1) is 25.3. The number of carbonyl (C=O) groups is 4. The van der Waals surface area contributed by atoms with Crippen LogP contribution in [0.4, 0.5) is 5.69 Å². The molecule has 0 radical (unpaired) electrons. The van der Waals surface area contributed by atoms with Crippen molar-refractivity contribution < 1.29 is 33.8 Å². The van der Waals surface area contributed by atoms with Gasteiger partial charge in [-0.05, 0) is 60.6 Å². The van der Waals surface area contributed by atoms with E-state index >= 15 is 0 Å². The second-order valence-electron chi connectivity index (χ2n) is 14.0. The number of rotatable bonds is 18. The highest BCUT2D eigenvalue weighted by atomic mass is 16.5. The van der Waals surface area contributed by atoms with Crippen LogP contribution in [0.25, 0.3) is 10.8 Å². The van der Waals surface area contributed by atoms with E-state index in [2.05, 4.69) is 18.5 Å². The Kier molecular flexibility index (Phi) is 11.9. The molecule has 6 rings (SSSR count). The first-order valence-corrected chi connectivity index (χ1v) is 18.4. The topological polar surface area (TPSA) is 125 Å². The molecule has 274 valence electrons. The number of allylic oxidation sites excluding steroid dienone is 1. The zero-order chi connectivity index (χ0) is 36.7. The Morgan fingerprint density at radius 3 is 2.50 bits per heavy atom. The summed E-state index contributed by atoms with van der Waals surface area (Å²) >= 11 is 0. The van der Waals surface area contributed by atoms with E-state index in [1.807, 2.05) is 72.8 Å². The second kappa shape index (κ2) is 16.7. The molecule has 1 spiro atoms. The van der Waals surface area contributed by atoms with Crippen LogP contribution in [0.2, 0.25) is 0 Å². The summed E-state index contributed by atoms with van der Waals surface area (Å²) in [6.45, 7) is 8.18. The van der Waals surface area contributed by atoms with E-state index in [-0.39, 0.29) is 43.9 Å². The van der Waals surface area contributed by atoms with Gasteiger partial charge >= 0.3 is 5.97 Å². The van der Waals surface area contributed by atoms with Gasteiger partial charge in [-0.1, -0.05) is 85.7 Å². The number of likely N-dealkylation sites (tertiary alicyclic amines) is 1. The van der Waals surface area contributed by atoms with Gasteiger partial charge in [-0.25, -0.2) is 0 Å². The number of aliphatic hydroxyl groups is 1. The number of fused-ring (bicyclic) bond motifs is 2. The molecule has 3 aliphatic rings. The lowest BCUT2D eigenvalue weighted by Gasteiger charge is -2.37. The van der Waals surface area contributed by atoms with Crippen LogP contribution in [0.1, 0.15) is 63.0 Å². The minimum absolute atomic E-state index is 0.0723. The third-order valence-corrected chi connectivity index (χ3v) is 10.7. The van der Waals surface area contributed by atoms with Crippen molar-refractivity contribution >= 4 is 40.2 Å². The fourth-order valence-electron chi connectivity index (χ4n) is 8.31. The van der Waals surface area contributed by atoms with Crippen molar-refractivity contribution in [3.8, 4) is 0 Å². The van der Waals surface area contributed by atoms with Gasteiger partial charge in [-0.3, -0.25) is 19.2 Å². The van der Waals surface area contributed by atoms with Crippen molar-refractivity contribution in [1.29, 1.82) is 0 Å². The zero-order valence-corrected chi connectivity index (χ0v) is 29.7. The number of ether oxygens (including phenoxy) is 2. The highest BCUT2D eigenvalue weighted by molar-refractivity contribution is 6.05. The molecule has 52 heavy (non-hydrogen) atoms.